The highest BCUT2D eigenvalue weighted by Gasteiger charge is 2.31. The lowest BCUT2D eigenvalue weighted by molar-refractivity contribution is -0.127. The van der Waals surface area contributed by atoms with Crippen LogP contribution in [0.4, 0.5) is 0 Å². The number of thiocarbonyl (C=S) groups is 1. The van der Waals surface area contributed by atoms with Crippen LogP contribution in [0.25, 0.3) is 0 Å². The number of nitrogens with zero attached hydrogens (tertiary/aromatic N) is 2. The Morgan fingerprint density at radius 2 is 1.68 bits per heavy atom. The second-order valence-corrected chi connectivity index (χ2v) is 6.64. The molecule has 0 aromatic heterocycles. The summed E-state index contributed by atoms with van der Waals surface area (Å²) in [5, 5.41) is 3.54. The average molecular weight is 317 g/mol. The number of likely N-dealkylation sites (tertiary alicyclic amines) is 1. The fourth-order valence-corrected chi connectivity index (χ4v) is 3.45. The van der Waals surface area contributed by atoms with Crippen molar-refractivity contribution >= 4 is 23.2 Å². The maximum Gasteiger partial charge on any atom is 0.251 e. The minimum Gasteiger partial charge on any atom is -0.351 e. The molecule has 5 heteroatoms. The number of hydrogen-bond donors (Lipinski definition) is 1. The van der Waals surface area contributed by atoms with Crippen LogP contribution in [-0.2, 0) is 17.9 Å². The maximum absolute atomic E-state index is 12.0. The first-order valence-electron chi connectivity index (χ1n) is 8.05. The summed E-state index contributed by atoms with van der Waals surface area (Å²) < 4.78 is 0. The van der Waals surface area contributed by atoms with E-state index in [0.29, 0.717) is 11.7 Å². The van der Waals surface area contributed by atoms with Gasteiger partial charge in [0.2, 0.25) is 0 Å². The lowest BCUT2D eigenvalue weighted by Crippen LogP contribution is -2.30. The maximum atomic E-state index is 12.0. The summed E-state index contributed by atoms with van der Waals surface area (Å²) in [5.74, 6) is 0.0578. The van der Waals surface area contributed by atoms with E-state index in [-0.39, 0.29) is 11.9 Å². The van der Waals surface area contributed by atoms with Gasteiger partial charge in [-0.3, -0.25) is 14.6 Å². The van der Waals surface area contributed by atoms with E-state index in [2.05, 4.69) is 34.5 Å². The number of amides is 1. The van der Waals surface area contributed by atoms with Crippen molar-refractivity contribution in [2.75, 3.05) is 13.1 Å². The standard InChI is InChI=1S/C17H23N3OS/c1-13-16(21)20(17(22)18-13)12-15-7-5-14(6-8-15)11-19-9-3-2-4-10-19/h5-8,13H,2-4,9-12H2,1H3,(H,18,22)/t13-/m0/s1. The van der Waals surface area contributed by atoms with Gasteiger partial charge >= 0.3 is 0 Å². The Bertz CT molecular complexity index is 552. The van der Waals surface area contributed by atoms with Crippen LogP contribution in [0.15, 0.2) is 24.3 Å². The molecule has 1 aromatic rings. The SMILES string of the molecule is C[C@@H]1NC(=S)N(Cc2ccc(CN3CCCCC3)cc2)C1=O. The number of carbonyl (C=O) groups excluding carboxylic acids is 1. The van der Waals surface area contributed by atoms with Gasteiger partial charge in [-0.05, 0) is 56.2 Å². The van der Waals surface area contributed by atoms with Gasteiger partial charge in [-0.15, -0.1) is 0 Å². The summed E-state index contributed by atoms with van der Waals surface area (Å²) in [6.45, 7) is 5.85. The Labute approximate surface area is 137 Å². The topological polar surface area (TPSA) is 35.6 Å². The Hall–Kier alpha value is -1.46. The zero-order chi connectivity index (χ0) is 15.5. The Kier molecular flexibility index (Phi) is 4.74. The van der Waals surface area contributed by atoms with Gasteiger partial charge in [0.25, 0.3) is 5.91 Å². The highest BCUT2D eigenvalue weighted by molar-refractivity contribution is 7.80. The Balaban J connectivity index is 1.59. The van der Waals surface area contributed by atoms with Crippen molar-refractivity contribution in [2.24, 2.45) is 0 Å². The predicted molar refractivity (Wildman–Crippen MR) is 91.3 cm³/mol. The third-order valence-corrected chi connectivity index (χ3v) is 4.78. The molecule has 0 radical (unpaired) electrons. The number of benzene rings is 1. The lowest BCUT2D eigenvalue weighted by atomic mass is 10.1. The number of hydrogen-bond acceptors (Lipinski definition) is 3. The van der Waals surface area contributed by atoms with Gasteiger partial charge in [0.15, 0.2) is 5.11 Å². The Morgan fingerprint density at radius 1 is 1.09 bits per heavy atom. The molecule has 118 valence electrons. The average Bonchev–Trinajstić information content (AvgIpc) is 2.77. The quantitative estimate of drug-likeness (QED) is 0.864. The van der Waals surface area contributed by atoms with Crippen molar-refractivity contribution in [3.63, 3.8) is 0 Å². The van der Waals surface area contributed by atoms with Crippen LogP contribution >= 0.6 is 12.2 Å². The van der Waals surface area contributed by atoms with E-state index in [9.17, 15) is 4.79 Å². The molecule has 3 rings (SSSR count). The van der Waals surface area contributed by atoms with Crippen molar-refractivity contribution in [2.45, 2.75) is 45.3 Å². The van der Waals surface area contributed by atoms with Crippen molar-refractivity contribution in [1.29, 1.82) is 0 Å². The van der Waals surface area contributed by atoms with Crippen LogP contribution in [0.5, 0.6) is 0 Å². The molecule has 0 aliphatic carbocycles. The fraction of sp³-hybridized carbons (Fsp3) is 0.529. The third-order valence-electron chi connectivity index (χ3n) is 4.44. The van der Waals surface area contributed by atoms with Crippen molar-refractivity contribution in [1.82, 2.24) is 15.1 Å². The molecule has 0 saturated carbocycles. The van der Waals surface area contributed by atoms with Crippen LogP contribution in [0.3, 0.4) is 0 Å². The van der Waals surface area contributed by atoms with Crippen LogP contribution in [0.1, 0.15) is 37.3 Å². The first-order valence-corrected chi connectivity index (χ1v) is 8.46. The lowest BCUT2D eigenvalue weighted by Gasteiger charge is -2.26. The summed E-state index contributed by atoms with van der Waals surface area (Å²) in [7, 11) is 0. The predicted octanol–water partition coefficient (Wildman–Crippen LogP) is 2.28. The molecule has 1 amide bonds. The van der Waals surface area contributed by atoms with Crippen molar-refractivity contribution in [3.05, 3.63) is 35.4 Å². The van der Waals surface area contributed by atoms with Gasteiger partial charge in [0, 0.05) is 6.54 Å². The summed E-state index contributed by atoms with van der Waals surface area (Å²) in [5.41, 5.74) is 2.46. The number of carbonyl (C=O) groups is 1. The van der Waals surface area contributed by atoms with E-state index < -0.39 is 0 Å². The molecular formula is C17H23N3OS. The summed E-state index contributed by atoms with van der Waals surface area (Å²) in [4.78, 5) is 16.2. The van der Waals surface area contributed by atoms with E-state index in [1.807, 2.05) is 6.92 Å². The van der Waals surface area contributed by atoms with Crippen LogP contribution < -0.4 is 5.32 Å². The first-order chi connectivity index (χ1) is 10.6. The van der Waals surface area contributed by atoms with Crippen LogP contribution in [0, 0.1) is 0 Å². The van der Waals surface area contributed by atoms with E-state index in [4.69, 9.17) is 12.2 Å². The zero-order valence-electron chi connectivity index (χ0n) is 13.0. The molecular weight excluding hydrogens is 294 g/mol. The highest BCUT2D eigenvalue weighted by Crippen LogP contribution is 2.16. The van der Waals surface area contributed by atoms with Crippen molar-refractivity contribution in [3.8, 4) is 0 Å². The Morgan fingerprint density at radius 3 is 2.23 bits per heavy atom. The fourth-order valence-electron chi connectivity index (χ4n) is 3.12. The van der Waals surface area contributed by atoms with E-state index in [0.717, 1.165) is 12.1 Å². The molecule has 2 fully saturated rings. The summed E-state index contributed by atoms with van der Waals surface area (Å²) in [6.07, 6.45) is 4.00. The van der Waals surface area contributed by atoms with Gasteiger partial charge in [-0.1, -0.05) is 30.7 Å². The summed E-state index contributed by atoms with van der Waals surface area (Å²) >= 11 is 5.22. The largest absolute Gasteiger partial charge is 0.351 e. The van der Waals surface area contributed by atoms with E-state index in [1.165, 1.54) is 37.9 Å². The van der Waals surface area contributed by atoms with Gasteiger partial charge in [0.05, 0.1) is 6.54 Å². The minimum atomic E-state index is -0.203. The smallest absolute Gasteiger partial charge is 0.251 e. The summed E-state index contributed by atoms with van der Waals surface area (Å²) in [6, 6.07) is 8.36. The molecule has 1 aromatic carbocycles. The highest BCUT2D eigenvalue weighted by atomic mass is 32.1. The van der Waals surface area contributed by atoms with Gasteiger partial charge in [0.1, 0.15) is 6.04 Å². The first kappa shape index (κ1) is 15.4. The second-order valence-electron chi connectivity index (χ2n) is 6.25. The molecule has 0 unspecified atom stereocenters. The third kappa shape index (κ3) is 3.47. The molecule has 2 heterocycles. The molecule has 2 aliphatic heterocycles. The molecule has 2 saturated heterocycles. The number of piperidine rings is 1. The van der Waals surface area contributed by atoms with E-state index >= 15 is 0 Å². The molecule has 2 aliphatic rings. The molecule has 4 nitrogen and oxygen atoms in total. The molecule has 0 spiro atoms. The van der Waals surface area contributed by atoms with Gasteiger partial charge < -0.3 is 5.32 Å². The van der Waals surface area contributed by atoms with Gasteiger partial charge in [-0.25, -0.2) is 0 Å². The number of rotatable bonds is 4. The number of nitrogens with one attached hydrogen (secondary N) is 1. The monoisotopic (exact) mass is 317 g/mol. The molecule has 22 heavy (non-hydrogen) atoms. The molecule has 1 atom stereocenters. The van der Waals surface area contributed by atoms with Crippen molar-refractivity contribution < 1.29 is 4.79 Å². The van der Waals surface area contributed by atoms with E-state index in [1.54, 1.807) is 4.90 Å². The van der Waals surface area contributed by atoms with Crippen LogP contribution in [0.2, 0.25) is 0 Å². The minimum absolute atomic E-state index is 0.0578. The second kappa shape index (κ2) is 6.75. The normalized spacial score (nSPS) is 23.0. The molecule has 0 bridgehead atoms. The zero-order valence-corrected chi connectivity index (χ0v) is 13.9. The molecule has 1 N–H and O–H groups in total. The van der Waals surface area contributed by atoms with Gasteiger partial charge in [-0.2, -0.15) is 0 Å². The van der Waals surface area contributed by atoms with Crippen LogP contribution in [-0.4, -0.2) is 40.0 Å².